The van der Waals surface area contributed by atoms with Crippen LogP contribution in [0.3, 0.4) is 0 Å². The van der Waals surface area contributed by atoms with Crippen molar-refractivity contribution in [2.45, 2.75) is 225 Å². The fourth-order valence-corrected chi connectivity index (χ4v) is 15.5. The van der Waals surface area contributed by atoms with Gasteiger partial charge in [0.25, 0.3) is 0 Å². The molecule has 0 saturated heterocycles. The number of benzene rings is 10. The number of aromatic hydroxyl groups is 1. The molecule has 10 aromatic carbocycles. The molecule has 0 fully saturated rings. The van der Waals surface area contributed by atoms with Crippen LogP contribution in [0.1, 0.15) is 255 Å². The SMILES string of the molecule is C.CC(C)(C)c1ccc(O)cc1.COC(=O)c1ccc(Br)c(C)c1C.COC(=O)c1ccc(Oc2ccc(C(C)(C)C)cc2)c(C)c1C.Cc1c(Oc2ccc(C(C)(C)C)cc2)ccc(C(=O)C[C@@H](CCN)C(=O)N(C)[C@@H]2C(=O)C[C@@H](C)C(=O)N[C@H](C(=O)CCC#N)Cc3ccc(OCCN)c(c3)-c3cc2ccc3OCCN)c1C.Cc1c(Oc2ccc(C(C)(C)C)cc2)ccc(C(=O)O)c1C.S.[Na+].[OH-]. The van der Waals surface area contributed by atoms with Gasteiger partial charge in [0.05, 0.1) is 43.0 Å². The number of nitrogens with two attached hydrogens (primary N) is 3. The van der Waals surface area contributed by atoms with Crippen molar-refractivity contribution in [3.05, 3.63) is 287 Å². The number of esters is 2. The number of nitriles is 1. The van der Waals surface area contributed by atoms with E-state index in [2.05, 4.69) is 133 Å². The maximum Gasteiger partial charge on any atom is 1.00 e. The smallest absolute Gasteiger partial charge is 0.870 e. The third-order valence-electron chi connectivity index (χ3n) is 24.2. The van der Waals surface area contributed by atoms with Gasteiger partial charge >= 0.3 is 47.5 Å². The number of ether oxygens (including phenoxy) is 7. The van der Waals surface area contributed by atoms with Crippen LogP contribution in [0.15, 0.2) is 186 Å². The molecule has 748 valence electrons. The van der Waals surface area contributed by atoms with Gasteiger partial charge in [0.1, 0.15) is 71.0 Å². The van der Waals surface area contributed by atoms with Gasteiger partial charge in [-0.15, -0.1) is 0 Å². The average Bonchev–Trinajstić information content (AvgIpc) is 0.772. The number of carbonyl (C=O) groups excluding carboxylic acids is 7. The number of nitrogens with zero attached hydrogens (tertiary/aromatic N) is 2. The molecule has 27 heteroatoms. The molecule has 0 aromatic heterocycles. The third kappa shape index (κ3) is 34.2. The van der Waals surface area contributed by atoms with Gasteiger partial charge in [-0.25, -0.2) is 14.4 Å². The number of hydrogen-bond donors (Lipinski definition) is 6. The monoisotopic (exact) mass is 2010 g/mol. The van der Waals surface area contributed by atoms with Crippen LogP contribution in [-0.2, 0) is 56.7 Å². The Kier molecular flexibility index (Phi) is 48.8. The number of carboxylic acid groups (broad SMARTS) is 1. The van der Waals surface area contributed by atoms with E-state index in [1.54, 1.807) is 92.7 Å². The number of hydrogen-bond acceptors (Lipinski definition) is 21. The zero-order chi connectivity index (χ0) is 101. The number of aromatic carboxylic acids is 1. The van der Waals surface area contributed by atoms with Crippen LogP contribution in [0.2, 0.25) is 0 Å². The number of nitrogens with one attached hydrogen (secondary N) is 1. The van der Waals surface area contributed by atoms with Crippen molar-refractivity contribution >= 4 is 76.5 Å². The van der Waals surface area contributed by atoms with Crippen molar-refractivity contribution in [1.29, 1.82) is 5.26 Å². The molecule has 0 saturated carbocycles. The zero-order valence-electron chi connectivity index (χ0n) is 85.4. The molecule has 0 spiro atoms. The van der Waals surface area contributed by atoms with Gasteiger partial charge in [-0.05, 0) is 296 Å². The first kappa shape index (κ1) is 123. The van der Waals surface area contributed by atoms with Crippen LogP contribution >= 0.6 is 29.4 Å². The molecule has 11 rings (SSSR count). The van der Waals surface area contributed by atoms with E-state index in [4.69, 9.17) is 55.8 Å². The van der Waals surface area contributed by atoms with E-state index >= 15 is 0 Å². The number of likely N-dealkylation sites (N-methyl/N-ethyl adjacent to an activating group) is 1. The number of phenols is 1. The molecular formula is C113H144BrN6NaO18S. The van der Waals surface area contributed by atoms with E-state index in [1.165, 1.54) is 48.4 Å². The Morgan fingerprint density at radius 2 is 0.879 bits per heavy atom. The van der Waals surface area contributed by atoms with Gasteiger partial charge in [-0.1, -0.05) is 174 Å². The summed E-state index contributed by atoms with van der Waals surface area (Å²) in [6.07, 6.45) is -0.321. The fourth-order valence-electron chi connectivity index (χ4n) is 15.1. The first-order chi connectivity index (χ1) is 63.9. The Balaban J connectivity index is 0.000000554. The standard InChI is InChI=1S/C53H66N6O8.C20H24O3.C19H22O3.C10H11BrO2.C10H14O.CH4.Na.H2O.H2S/c1-32-27-46(62)50(59(7)52(64)37(20-22-55)31-45(61)40-16-19-47(34(3)33(40)2)67-39-14-12-38(13-15-39)53(4,5)6)36-11-18-49(66-26-24-57)42(30-36)41-28-35(10-17-48(41)65-25-23-56)29-43(58-51(32)63)44(60)9-8-21-54;1-13-14(2)18(12-11-17(13)19(21)22-6)23-16-9-7-15(8-10-16)20(3,4)5;1-12-13(2)17(11-10-16(12)18(20)21)22-15-8-6-14(7-9-15)19(3,4)5;1-6-7(2)9(11)5-4-8(6)10(12)13-3;1-10(2,3)8-4-6-9(11)7-5-8;;;;/h10-19,28,30,32,37,43,50H,8-9,20,22-27,29,31,55-57H2,1-7H3,(H,58,63);7-12H,1-6H3;6-11H,1-5H3,(H,20,21);4-5H,1-3H3;4-7,11H,1-3H3;1H4;;2*1H2/q;;;;;;+1;;/p-1/t32-,37-,43+,50+;;;;;;;;/m1......../s1. The average molecular weight is 2010 g/mol. The molecular weight excluding hydrogens is 1860 g/mol. The Morgan fingerprint density at radius 3 is 1.28 bits per heavy atom. The molecule has 1 aliphatic heterocycles. The van der Waals surface area contributed by atoms with Crippen molar-refractivity contribution in [1.82, 2.24) is 10.2 Å². The predicted octanol–water partition coefficient (Wildman–Crippen LogP) is 20.4. The number of rotatable bonds is 25. The number of methoxy groups -OCH3 is 2. The summed E-state index contributed by atoms with van der Waals surface area (Å²) in [4.78, 5) is 107. The number of amides is 2. The minimum atomic E-state index is -1.23. The summed E-state index contributed by atoms with van der Waals surface area (Å²) in [5.41, 5.74) is 34.2. The Bertz CT molecular complexity index is 5910. The van der Waals surface area contributed by atoms with Gasteiger partial charge in [-0.3, -0.25) is 24.0 Å². The number of halogens is 1. The molecule has 0 radical (unpaired) electrons. The van der Waals surface area contributed by atoms with Gasteiger partial charge in [-0.2, -0.15) is 18.8 Å². The second kappa shape index (κ2) is 55.7. The predicted molar refractivity (Wildman–Crippen MR) is 559 cm³/mol. The van der Waals surface area contributed by atoms with Crippen LogP contribution in [0.5, 0.6) is 51.7 Å². The van der Waals surface area contributed by atoms with Gasteiger partial charge in [0.2, 0.25) is 11.8 Å². The molecule has 10 N–H and O–H groups in total. The van der Waals surface area contributed by atoms with Gasteiger partial charge in [0.15, 0.2) is 17.3 Å². The Morgan fingerprint density at radius 1 is 0.507 bits per heavy atom. The van der Waals surface area contributed by atoms with E-state index < -0.39 is 47.5 Å². The summed E-state index contributed by atoms with van der Waals surface area (Å²) < 4.78 is 40.9. The molecule has 10 aromatic rings. The summed E-state index contributed by atoms with van der Waals surface area (Å²) in [6, 6.07) is 55.6. The van der Waals surface area contributed by atoms with Crippen LogP contribution in [0.25, 0.3) is 11.1 Å². The first-order valence-electron chi connectivity index (χ1n) is 45.7. The van der Waals surface area contributed by atoms with Crippen LogP contribution < -0.4 is 75.8 Å². The number of carboxylic acids is 1. The second-order valence-corrected chi connectivity index (χ2v) is 39.1. The normalized spacial score (nSPS) is 13.5. The maximum absolute atomic E-state index is 14.8. The first-order valence-corrected chi connectivity index (χ1v) is 46.5. The summed E-state index contributed by atoms with van der Waals surface area (Å²) in [7, 11) is 4.29. The molecule has 0 unspecified atom stereocenters. The van der Waals surface area contributed by atoms with Crippen LogP contribution in [0, 0.1) is 78.6 Å². The van der Waals surface area contributed by atoms with E-state index in [9.17, 15) is 43.6 Å². The third-order valence-corrected chi connectivity index (χ3v) is 25.0. The summed E-state index contributed by atoms with van der Waals surface area (Å²) in [6.45, 7) is 43.5. The second-order valence-electron chi connectivity index (χ2n) is 38.2. The van der Waals surface area contributed by atoms with Crippen molar-refractivity contribution < 1.29 is 117 Å². The van der Waals surface area contributed by atoms with E-state index in [0.717, 1.165) is 60.7 Å². The minimum absolute atomic E-state index is 0. The molecule has 2 amide bonds. The molecule has 0 aliphatic carbocycles. The van der Waals surface area contributed by atoms with Crippen molar-refractivity contribution in [2.75, 3.05) is 54.1 Å². The number of fused-ring (bicyclic) bond motifs is 5. The van der Waals surface area contributed by atoms with Crippen LogP contribution in [-0.4, -0.2) is 128 Å². The quantitative estimate of drug-likeness (QED) is 0.0176. The van der Waals surface area contributed by atoms with Crippen molar-refractivity contribution in [2.24, 2.45) is 29.0 Å². The van der Waals surface area contributed by atoms with E-state index in [-0.39, 0.29) is 172 Å². The summed E-state index contributed by atoms with van der Waals surface area (Å²) in [5, 5.41) is 30.3. The topological polar surface area (TPSA) is 389 Å². The largest absolute Gasteiger partial charge is 1.00 e. The molecule has 4 bridgehead atoms. The van der Waals surface area contributed by atoms with Crippen molar-refractivity contribution in [3.63, 3.8) is 0 Å². The summed E-state index contributed by atoms with van der Waals surface area (Å²) in [5.74, 6) is 0.0223. The maximum atomic E-state index is 14.8. The number of Topliss-reactive ketones (excluding diaryl/α,β-unsaturated/α-hetero) is 3. The number of ketones is 3. The Hall–Kier alpha value is -11.5. The van der Waals surface area contributed by atoms with E-state index in [1.807, 2.05) is 133 Å². The fraction of sp³-hybridized carbons (Fsp3) is 0.389. The van der Waals surface area contributed by atoms with E-state index in [0.29, 0.717) is 84.6 Å². The van der Waals surface area contributed by atoms with Gasteiger partial charge in [0, 0.05) is 78.8 Å². The summed E-state index contributed by atoms with van der Waals surface area (Å²) >= 11 is 3.40. The zero-order valence-corrected chi connectivity index (χ0v) is 90.0. The number of phenolic OH excluding ortho intramolecular Hbond substituents is 1. The Labute approximate surface area is 866 Å². The minimum Gasteiger partial charge on any atom is -0.870 e. The molecule has 140 heavy (non-hydrogen) atoms. The van der Waals surface area contributed by atoms with Gasteiger partial charge < -0.3 is 76.3 Å². The molecule has 1 heterocycles. The van der Waals surface area contributed by atoms with Crippen LogP contribution in [0.4, 0.5) is 0 Å². The molecule has 24 nitrogen and oxygen atoms in total. The van der Waals surface area contributed by atoms with Crippen molar-refractivity contribution in [3.8, 4) is 68.9 Å². The number of carbonyl (C=O) groups is 8. The molecule has 1 aliphatic rings. The molecule has 4 atom stereocenters.